The highest BCUT2D eigenvalue weighted by atomic mass is 16.4. The summed E-state index contributed by atoms with van der Waals surface area (Å²) in [7, 11) is 0. The summed E-state index contributed by atoms with van der Waals surface area (Å²) in [5.74, 6) is -0.704. The maximum absolute atomic E-state index is 11.1. The first-order valence-corrected chi connectivity index (χ1v) is 6.34. The molecule has 0 aliphatic rings. The van der Waals surface area contributed by atoms with E-state index >= 15 is 0 Å². The molecule has 0 amide bonds. The molecule has 2 rings (SSSR count). The number of carbonyl (C=O) groups is 1. The van der Waals surface area contributed by atoms with Crippen molar-refractivity contribution in [1.82, 2.24) is 9.78 Å². The zero-order chi connectivity index (χ0) is 14.7. The third-order valence-corrected chi connectivity index (χ3v) is 2.87. The van der Waals surface area contributed by atoms with Crippen LogP contribution in [0.3, 0.4) is 0 Å². The van der Waals surface area contributed by atoms with Crippen molar-refractivity contribution in [3.05, 3.63) is 47.3 Å². The topological polar surface area (TPSA) is 78.9 Å². The highest BCUT2D eigenvalue weighted by Gasteiger charge is 2.16. The Morgan fingerprint density at radius 2 is 2.15 bits per heavy atom. The SMILES string of the molecule is CC(C)Cc1cc(C(=O)O)nn1-c1ccccc1C#N. The molecule has 2 aromatic rings. The number of nitrogens with zero attached hydrogens (tertiary/aromatic N) is 3. The molecule has 0 spiro atoms. The summed E-state index contributed by atoms with van der Waals surface area (Å²) >= 11 is 0. The molecule has 0 bridgehead atoms. The molecule has 0 radical (unpaired) electrons. The highest BCUT2D eigenvalue weighted by Crippen LogP contribution is 2.19. The van der Waals surface area contributed by atoms with Gasteiger partial charge in [0, 0.05) is 5.69 Å². The minimum Gasteiger partial charge on any atom is -0.476 e. The van der Waals surface area contributed by atoms with Crippen LogP contribution >= 0.6 is 0 Å². The fourth-order valence-electron chi connectivity index (χ4n) is 2.05. The lowest BCUT2D eigenvalue weighted by atomic mass is 10.1. The van der Waals surface area contributed by atoms with Crippen molar-refractivity contribution in [1.29, 1.82) is 5.26 Å². The van der Waals surface area contributed by atoms with Crippen LogP contribution in [0.25, 0.3) is 5.69 Å². The summed E-state index contributed by atoms with van der Waals surface area (Å²) in [4.78, 5) is 11.1. The number of aromatic carboxylic acids is 1. The van der Waals surface area contributed by atoms with E-state index in [2.05, 4.69) is 11.2 Å². The summed E-state index contributed by atoms with van der Waals surface area (Å²) in [5.41, 5.74) is 1.86. The van der Waals surface area contributed by atoms with Crippen molar-refractivity contribution in [3.63, 3.8) is 0 Å². The number of nitriles is 1. The predicted molar refractivity (Wildman–Crippen MR) is 73.8 cm³/mol. The standard InChI is InChI=1S/C15H15N3O2/c1-10(2)7-12-8-13(15(19)20)17-18(12)14-6-4-3-5-11(14)9-16/h3-6,8,10H,7H2,1-2H3,(H,19,20). The molecular formula is C15H15N3O2. The lowest BCUT2D eigenvalue weighted by molar-refractivity contribution is 0.0690. The van der Waals surface area contributed by atoms with Gasteiger partial charge in [0.1, 0.15) is 6.07 Å². The quantitative estimate of drug-likeness (QED) is 0.925. The predicted octanol–water partition coefficient (Wildman–Crippen LogP) is 2.64. The number of hydrogen-bond donors (Lipinski definition) is 1. The molecule has 0 unspecified atom stereocenters. The van der Waals surface area contributed by atoms with Gasteiger partial charge >= 0.3 is 5.97 Å². The minimum atomic E-state index is -1.07. The molecule has 1 N–H and O–H groups in total. The van der Waals surface area contributed by atoms with E-state index in [-0.39, 0.29) is 5.69 Å². The van der Waals surface area contributed by atoms with Gasteiger partial charge in [0.05, 0.1) is 11.3 Å². The van der Waals surface area contributed by atoms with Gasteiger partial charge in [-0.15, -0.1) is 0 Å². The van der Waals surface area contributed by atoms with E-state index in [1.54, 1.807) is 35.0 Å². The van der Waals surface area contributed by atoms with E-state index in [4.69, 9.17) is 10.4 Å². The van der Waals surface area contributed by atoms with Crippen molar-refractivity contribution >= 4 is 5.97 Å². The molecule has 0 aliphatic carbocycles. The van der Waals surface area contributed by atoms with E-state index < -0.39 is 5.97 Å². The Bertz CT molecular complexity index is 681. The molecule has 20 heavy (non-hydrogen) atoms. The van der Waals surface area contributed by atoms with Crippen molar-refractivity contribution in [3.8, 4) is 11.8 Å². The van der Waals surface area contributed by atoms with E-state index in [0.717, 1.165) is 5.69 Å². The van der Waals surface area contributed by atoms with E-state index in [1.165, 1.54) is 0 Å². The van der Waals surface area contributed by atoms with Gasteiger partial charge in [0.15, 0.2) is 5.69 Å². The summed E-state index contributed by atoms with van der Waals surface area (Å²) in [6, 6.07) is 10.7. The molecule has 5 heteroatoms. The second kappa shape index (κ2) is 5.57. The maximum atomic E-state index is 11.1. The third kappa shape index (κ3) is 2.69. The van der Waals surface area contributed by atoms with Crippen LogP contribution in [0.2, 0.25) is 0 Å². The Hall–Kier alpha value is -2.61. The van der Waals surface area contributed by atoms with Crippen LogP contribution in [0.4, 0.5) is 0 Å². The van der Waals surface area contributed by atoms with Crippen LogP contribution in [-0.2, 0) is 6.42 Å². The van der Waals surface area contributed by atoms with Crippen molar-refractivity contribution in [2.75, 3.05) is 0 Å². The number of para-hydroxylation sites is 1. The Labute approximate surface area is 117 Å². The first-order chi connectivity index (χ1) is 9.52. The lowest BCUT2D eigenvalue weighted by Crippen LogP contribution is -2.07. The number of carboxylic acid groups (broad SMARTS) is 1. The van der Waals surface area contributed by atoms with Crippen LogP contribution < -0.4 is 0 Å². The fourth-order valence-corrected chi connectivity index (χ4v) is 2.05. The Morgan fingerprint density at radius 3 is 2.75 bits per heavy atom. The average molecular weight is 269 g/mol. The number of aromatic nitrogens is 2. The zero-order valence-electron chi connectivity index (χ0n) is 11.4. The largest absolute Gasteiger partial charge is 0.476 e. The normalized spacial score (nSPS) is 10.5. The second-order valence-electron chi connectivity index (χ2n) is 4.96. The second-order valence-corrected chi connectivity index (χ2v) is 4.96. The fraction of sp³-hybridized carbons (Fsp3) is 0.267. The molecule has 0 saturated heterocycles. The van der Waals surface area contributed by atoms with Crippen LogP contribution in [0, 0.1) is 17.2 Å². The molecule has 0 atom stereocenters. The van der Waals surface area contributed by atoms with E-state index in [0.29, 0.717) is 23.6 Å². The highest BCUT2D eigenvalue weighted by molar-refractivity contribution is 5.85. The van der Waals surface area contributed by atoms with E-state index in [9.17, 15) is 4.79 Å². The molecule has 1 aromatic heterocycles. The minimum absolute atomic E-state index is 0.00612. The number of benzene rings is 1. The van der Waals surface area contributed by atoms with Crippen LogP contribution in [0.1, 0.15) is 35.6 Å². The Balaban J connectivity index is 2.60. The number of carboxylic acids is 1. The molecule has 1 aromatic carbocycles. The monoisotopic (exact) mass is 269 g/mol. The van der Waals surface area contributed by atoms with Crippen molar-refractivity contribution in [2.45, 2.75) is 20.3 Å². The van der Waals surface area contributed by atoms with Gasteiger partial charge in [-0.3, -0.25) is 0 Å². The van der Waals surface area contributed by atoms with Gasteiger partial charge < -0.3 is 5.11 Å². The van der Waals surface area contributed by atoms with Gasteiger partial charge in [-0.25, -0.2) is 9.48 Å². The zero-order valence-corrected chi connectivity index (χ0v) is 11.4. The van der Waals surface area contributed by atoms with Crippen molar-refractivity contribution < 1.29 is 9.90 Å². The van der Waals surface area contributed by atoms with Gasteiger partial charge in [0.25, 0.3) is 0 Å². The smallest absolute Gasteiger partial charge is 0.356 e. The van der Waals surface area contributed by atoms with Gasteiger partial charge in [-0.05, 0) is 30.5 Å². The summed E-state index contributed by atoms with van der Waals surface area (Å²) in [6.07, 6.45) is 0.694. The van der Waals surface area contributed by atoms with Crippen LogP contribution in [0.15, 0.2) is 30.3 Å². The van der Waals surface area contributed by atoms with Crippen molar-refractivity contribution in [2.24, 2.45) is 5.92 Å². The molecule has 0 aliphatic heterocycles. The Kier molecular flexibility index (Phi) is 3.85. The number of rotatable bonds is 4. The summed E-state index contributed by atoms with van der Waals surface area (Å²) < 4.78 is 1.56. The molecule has 0 saturated carbocycles. The number of hydrogen-bond acceptors (Lipinski definition) is 3. The van der Waals surface area contributed by atoms with Gasteiger partial charge in [0.2, 0.25) is 0 Å². The van der Waals surface area contributed by atoms with E-state index in [1.807, 2.05) is 13.8 Å². The maximum Gasteiger partial charge on any atom is 0.356 e. The summed E-state index contributed by atoms with van der Waals surface area (Å²) in [5, 5.41) is 22.4. The average Bonchev–Trinajstić information content (AvgIpc) is 2.81. The molecule has 102 valence electrons. The van der Waals surface area contributed by atoms with Crippen LogP contribution in [-0.4, -0.2) is 20.9 Å². The molecule has 0 fully saturated rings. The first kappa shape index (κ1) is 13.8. The third-order valence-electron chi connectivity index (χ3n) is 2.87. The first-order valence-electron chi connectivity index (χ1n) is 6.34. The lowest BCUT2D eigenvalue weighted by Gasteiger charge is -2.10. The summed E-state index contributed by atoms with van der Waals surface area (Å²) in [6.45, 7) is 4.10. The Morgan fingerprint density at radius 1 is 1.45 bits per heavy atom. The molecule has 5 nitrogen and oxygen atoms in total. The van der Waals surface area contributed by atoms with Gasteiger partial charge in [-0.1, -0.05) is 26.0 Å². The van der Waals surface area contributed by atoms with Gasteiger partial charge in [-0.2, -0.15) is 10.4 Å². The van der Waals surface area contributed by atoms with Crippen LogP contribution in [0.5, 0.6) is 0 Å². The molecular weight excluding hydrogens is 254 g/mol. The molecule has 1 heterocycles.